The normalized spacial score (nSPS) is 10.7. The van der Waals surface area contributed by atoms with Crippen molar-refractivity contribution in [2.75, 3.05) is 0 Å². The zero-order valence-electron chi connectivity index (χ0n) is 7.18. The SMILES string of the molecule is O=C(O)Cc1cc(C(F)F)c(Cl)nc1Br. The molecule has 1 heterocycles. The number of carbonyl (C=O) groups is 1. The molecule has 0 bridgehead atoms. The van der Waals surface area contributed by atoms with E-state index in [0.29, 0.717) is 0 Å². The van der Waals surface area contributed by atoms with E-state index in [1.54, 1.807) is 0 Å². The lowest BCUT2D eigenvalue weighted by Gasteiger charge is -2.06. The molecule has 0 spiro atoms. The van der Waals surface area contributed by atoms with Crippen molar-refractivity contribution in [3.8, 4) is 0 Å². The van der Waals surface area contributed by atoms with Gasteiger partial charge in [-0.15, -0.1) is 0 Å². The molecule has 0 saturated heterocycles. The summed E-state index contributed by atoms with van der Waals surface area (Å²) in [6.07, 6.45) is -3.16. The minimum absolute atomic E-state index is 0.166. The number of hydrogen-bond acceptors (Lipinski definition) is 2. The number of aromatic nitrogens is 1. The van der Waals surface area contributed by atoms with Crippen LogP contribution in [0, 0.1) is 0 Å². The summed E-state index contributed by atoms with van der Waals surface area (Å²) in [7, 11) is 0. The zero-order valence-corrected chi connectivity index (χ0v) is 9.52. The molecule has 0 unspecified atom stereocenters. The van der Waals surface area contributed by atoms with Gasteiger partial charge in [-0.25, -0.2) is 13.8 Å². The predicted molar refractivity (Wildman–Crippen MR) is 53.2 cm³/mol. The molecule has 15 heavy (non-hydrogen) atoms. The van der Waals surface area contributed by atoms with Gasteiger partial charge in [0.1, 0.15) is 9.76 Å². The second-order valence-corrected chi connectivity index (χ2v) is 3.80. The monoisotopic (exact) mass is 299 g/mol. The number of alkyl halides is 2. The van der Waals surface area contributed by atoms with Gasteiger partial charge in [0.05, 0.1) is 12.0 Å². The van der Waals surface area contributed by atoms with Crippen LogP contribution in [-0.4, -0.2) is 16.1 Å². The lowest BCUT2D eigenvalue weighted by atomic mass is 10.1. The van der Waals surface area contributed by atoms with Crippen LogP contribution in [0.15, 0.2) is 10.7 Å². The predicted octanol–water partition coefficient (Wildman–Crippen LogP) is 3.06. The summed E-state index contributed by atoms with van der Waals surface area (Å²) in [6, 6.07) is 1.04. The molecule has 0 aromatic carbocycles. The van der Waals surface area contributed by atoms with Crippen molar-refractivity contribution < 1.29 is 18.7 Å². The zero-order chi connectivity index (χ0) is 11.6. The summed E-state index contributed by atoms with van der Waals surface area (Å²) < 4.78 is 24.9. The van der Waals surface area contributed by atoms with Gasteiger partial charge in [-0.3, -0.25) is 4.79 Å². The number of rotatable bonds is 3. The van der Waals surface area contributed by atoms with E-state index in [0.717, 1.165) is 6.07 Å². The summed E-state index contributed by atoms with van der Waals surface area (Å²) >= 11 is 8.42. The van der Waals surface area contributed by atoms with E-state index in [2.05, 4.69) is 20.9 Å². The second-order valence-electron chi connectivity index (χ2n) is 2.69. The van der Waals surface area contributed by atoms with E-state index >= 15 is 0 Å². The molecule has 3 nitrogen and oxygen atoms in total. The highest BCUT2D eigenvalue weighted by molar-refractivity contribution is 9.10. The summed E-state index contributed by atoms with van der Waals surface area (Å²) in [5.74, 6) is -1.12. The van der Waals surface area contributed by atoms with Gasteiger partial charge in [-0.05, 0) is 27.6 Å². The van der Waals surface area contributed by atoms with Crippen LogP contribution >= 0.6 is 27.5 Å². The first-order chi connectivity index (χ1) is 6.91. The third kappa shape index (κ3) is 3.10. The van der Waals surface area contributed by atoms with E-state index in [1.807, 2.05) is 0 Å². The molecular weight excluding hydrogens is 295 g/mol. The van der Waals surface area contributed by atoms with Gasteiger partial charge < -0.3 is 5.11 Å². The fraction of sp³-hybridized carbons (Fsp3) is 0.250. The summed E-state index contributed by atoms with van der Waals surface area (Å²) in [6.45, 7) is 0. The molecule has 0 fully saturated rings. The molecule has 0 aliphatic heterocycles. The Labute approximate surface area is 97.2 Å². The van der Waals surface area contributed by atoms with Gasteiger partial charge >= 0.3 is 5.97 Å². The van der Waals surface area contributed by atoms with E-state index in [4.69, 9.17) is 16.7 Å². The first-order valence-corrected chi connectivity index (χ1v) is 4.93. The smallest absolute Gasteiger partial charge is 0.307 e. The van der Waals surface area contributed by atoms with Crippen molar-refractivity contribution in [2.24, 2.45) is 0 Å². The first kappa shape index (κ1) is 12.3. The standard InChI is InChI=1S/C8H5BrClF2NO2/c9-6-3(2-5(14)15)1-4(8(11)12)7(10)13-6/h1,8H,2H2,(H,14,15). The molecule has 7 heteroatoms. The van der Waals surface area contributed by atoms with E-state index < -0.39 is 18.0 Å². The molecule has 1 rings (SSSR count). The quantitative estimate of drug-likeness (QED) is 0.873. The first-order valence-electron chi connectivity index (χ1n) is 3.76. The molecular formula is C8H5BrClF2NO2. The van der Waals surface area contributed by atoms with E-state index in [-0.39, 0.29) is 21.7 Å². The molecule has 82 valence electrons. The Hall–Kier alpha value is -0.750. The summed E-state index contributed by atoms with van der Waals surface area (Å²) in [4.78, 5) is 14.0. The average Bonchev–Trinajstić information content (AvgIpc) is 2.08. The number of carboxylic acid groups (broad SMARTS) is 1. The highest BCUT2D eigenvalue weighted by Gasteiger charge is 2.17. The number of hydrogen-bond donors (Lipinski definition) is 1. The molecule has 1 N–H and O–H groups in total. The minimum atomic E-state index is -2.77. The molecule has 0 amide bonds. The van der Waals surface area contributed by atoms with Gasteiger partial charge in [-0.2, -0.15) is 0 Å². The largest absolute Gasteiger partial charge is 0.481 e. The number of pyridine rings is 1. The summed E-state index contributed by atoms with van der Waals surface area (Å²) in [5.41, 5.74) is -0.293. The Kier molecular flexibility index (Phi) is 3.98. The number of carboxylic acids is 1. The Morgan fingerprint density at radius 1 is 1.67 bits per heavy atom. The van der Waals surface area contributed by atoms with Crippen LogP contribution in [0.25, 0.3) is 0 Å². The highest BCUT2D eigenvalue weighted by Crippen LogP contribution is 2.29. The summed E-state index contributed by atoms with van der Waals surface area (Å²) in [5, 5.41) is 8.19. The Balaban J connectivity index is 3.17. The van der Waals surface area contributed by atoms with Crippen molar-refractivity contribution in [1.82, 2.24) is 4.98 Å². The van der Waals surface area contributed by atoms with Crippen LogP contribution < -0.4 is 0 Å². The topological polar surface area (TPSA) is 50.2 Å². The Bertz CT molecular complexity index is 400. The van der Waals surface area contributed by atoms with Gasteiger partial charge in [0.25, 0.3) is 6.43 Å². The fourth-order valence-corrected chi connectivity index (χ4v) is 1.72. The minimum Gasteiger partial charge on any atom is -0.481 e. The lowest BCUT2D eigenvalue weighted by molar-refractivity contribution is -0.136. The maximum absolute atomic E-state index is 12.4. The van der Waals surface area contributed by atoms with Gasteiger partial charge in [0.2, 0.25) is 0 Å². The van der Waals surface area contributed by atoms with Gasteiger partial charge in [0, 0.05) is 0 Å². The van der Waals surface area contributed by atoms with E-state index in [1.165, 1.54) is 0 Å². The molecule has 0 aliphatic rings. The number of halogens is 4. The van der Waals surface area contributed by atoms with Crippen molar-refractivity contribution in [3.63, 3.8) is 0 Å². The Morgan fingerprint density at radius 2 is 2.27 bits per heavy atom. The van der Waals surface area contributed by atoms with Gasteiger partial charge in [-0.1, -0.05) is 11.6 Å². The van der Waals surface area contributed by atoms with Crippen molar-refractivity contribution in [3.05, 3.63) is 26.9 Å². The van der Waals surface area contributed by atoms with Crippen LogP contribution in [0.4, 0.5) is 8.78 Å². The third-order valence-electron chi connectivity index (χ3n) is 1.61. The maximum Gasteiger partial charge on any atom is 0.307 e. The Morgan fingerprint density at radius 3 is 2.73 bits per heavy atom. The fourth-order valence-electron chi connectivity index (χ4n) is 0.969. The van der Waals surface area contributed by atoms with E-state index in [9.17, 15) is 13.6 Å². The molecule has 0 aliphatic carbocycles. The second kappa shape index (κ2) is 4.85. The van der Waals surface area contributed by atoms with Crippen molar-refractivity contribution in [1.29, 1.82) is 0 Å². The van der Waals surface area contributed by atoms with Crippen LogP contribution in [0.5, 0.6) is 0 Å². The molecule has 0 saturated carbocycles. The van der Waals surface area contributed by atoms with Crippen LogP contribution in [0.3, 0.4) is 0 Å². The maximum atomic E-state index is 12.4. The van der Waals surface area contributed by atoms with Gasteiger partial charge in [0.15, 0.2) is 0 Å². The van der Waals surface area contributed by atoms with Crippen LogP contribution in [0.1, 0.15) is 17.6 Å². The molecule has 0 atom stereocenters. The average molecular weight is 300 g/mol. The third-order valence-corrected chi connectivity index (χ3v) is 2.60. The van der Waals surface area contributed by atoms with Crippen LogP contribution in [0.2, 0.25) is 5.15 Å². The number of aliphatic carboxylic acids is 1. The highest BCUT2D eigenvalue weighted by atomic mass is 79.9. The number of nitrogens with zero attached hydrogens (tertiary/aromatic N) is 1. The van der Waals surface area contributed by atoms with Crippen LogP contribution in [-0.2, 0) is 11.2 Å². The molecule has 1 aromatic rings. The lowest BCUT2D eigenvalue weighted by Crippen LogP contribution is -2.03. The van der Waals surface area contributed by atoms with Crippen molar-refractivity contribution in [2.45, 2.75) is 12.8 Å². The van der Waals surface area contributed by atoms with Crippen molar-refractivity contribution >= 4 is 33.5 Å². The molecule has 1 aromatic heterocycles. The molecule has 0 radical (unpaired) electrons.